The number of unbranched alkanes of at least 4 members (excludes halogenated alkanes) is 29. The van der Waals surface area contributed by atoms with Gasteiger partial charge in [-0.3, -0.25) is 18.6 Å². The Kier molecular flexibility index (Phi) is 40.2. The summed E-state index contributed by atoms with van der Waals surface area (Å²) in [4.78, 5) is 35.4. The van der Waals surface area contributed by atoms with Gasteiger partial charge in [-0.2, -0.15) is 0 Å². The smallest absolute Gasteiger partial charge is 0.462 e. The van der Waals surface area contributed by atoms with Gasteiger partial charge in [0.05, 0.1) is 27.7 Å². The van der Waals surface area contributed by atoms with Crippen LogP contribution >= 0.6 is 7.82 Å². The predicted octanol–water partition coefficient (Wildman–Crippen LogP) is 14.1. The van der Waals surface area contributed by atoms with E-state index in [1.165, 1.54) is 167 Å². The molecule has 0 aromatic heterocycles. The van der Waals surface area contributed by atoms with Gasteiger partial charge in [0, 0.05) is 12.8 Å². The van der Waals surface area contributed by atoms with Crippen LogP contribution in [-0.2, 0) is 32.7 Å². The maximum Gasteiger partial charge on any atom is 0.472 e. The largest absolute Gasteiger partial charge is 0.472 e. The highest BCUT2D eigenvalue weighted by molar-refractivity contribution is 7.47. The Morgan fingerprint density at radius 1 is 0.517 bits per heavy atom. The molecule has 0 heterocycles. The van der Waals surface area contributed by atoms with E-state index in [1.54, 1.807) is 0 Å². The zero-order valence-corrected chi connectivity index (χ0v) is 39.7. The minimum absolute atomic E-state index is 0.0307. The van der Waals surface area contributed by atoms with Gasteiger partial charge in [0.15, 0.2) is 6.10 Å². The minimum Gasteiger partial charge on any atom is -0.462 e. The first-order valence-electron chi connectivity index (χ1n) is 24.4. The fourth-order valence-electron chi connectivity index (χ4n) is 6.96. The van der Waals surface area contributed by atoms with Crippen molar-refractivity contribution in [2.45, 2.75) is 238 Å². The van der Waals surface area contributed by atoms with E-state index in [2.05, 4.69) is 26.0 Å². The van der Waals surface area contributed by atoms with Crippen molar-refractivity contribution in [2.24, 2.45) is 0 Å². The van der Waals surface area contributed by atoms with Crippen LogP contribution in [0.3, 0.4) is 0 Å². The Labute approximate surface area is 358 Å². The van der Waals surface area contributed by atoms with Gasteiger partial charge in [0.25, 0.3) is 0 Å². The molecule has 0 radical (unpaired) electrons. The molecule has 9 nitrogen and oxygen atoms in total. The van der Waals surface area contributed by atoms with Gasteiger partial charge in [-0.05, 0) is 32.1 Å². The van der Waals surface area contributed by atoms with Gasteiger partial charge in [0.2, 0.25) is 0 Å². The van der Waals surface area contributed by atoms with Crippen LogP contribution in [0.4, 0.5) is 0 Å². The number of rotatable bonds is 45. The van der Waals surface area contributed by atoms with E-state index in [0.29, 0.717) is 23.9 Å². The lowest BCUT2D eigenvalue weighted by Gasteiger charge is -2.24. The summed E-state index contributed by atoms with van der Waals surface area (Å²) in [5, 5.41) is 0. The number of quaternary nitrogens is 1. The molecule has 1 N–H and O–H groups in total. The number of phosphoric ester groups is 1. The van der Waals surface area contributed by atoms with E-state index < -0.39 is 26.5 Å². The number of hydrogen-bond acceptors (Lipinski definition) is 7. The first-order chi connectivity index (χ1) is 28.0. The van der Waals surface area contributed by atoms with E-state index in [1.807, 2.05) is 21.1 Å². The summed E-state index contributed by atoms with van der Waals surface area (Å²) in [5.74, 6) is -0.822. The van der Waals surface area contributed by atoms with Crippen LogP contribution in [0.5, 0.6) is 0 Å². The van der Waals surface area contributed by atoms with E-state index in [4.69, 9.17) is 18.5 Å². The number of allylic oxidation sites excluding steroid dienone is 2. The lowest BCUT2D eigenvalue weighted by Crippen LogP contribution is -2.37. The first kappa shape index (κ1) is 56.8. The molecular formula is C48H95NO8P+. The third-order valence-corrected chi connectivity index (χ3v) is 11.8. The van der Waals surface area contributed by atoms with Crippen molar-refractivity contribution in [3.05, 3.63) is 12.2 Å². The van der Waals surface area contributed by atoms with E-state index in [9.17, 15) is 19.0 Å². The van der Waals surface area contributed by atoms with Crippen molar-refractivity contribution in [1.29, 1.82) is 0 Å². The highest BCUT2D eigenvalue weighted by Crippen LogP contribution is 2.43. The van der Waals surface area contributed by atoms with Crippen LogP contribution in [0, 0.1) is 0 Å². The van der Waals surface area contributed by atoms with Gasteiger partial charge < -0.3 is 18.9 Å². The molecule has 0 amide bonds. The number of likely N-dealkylation sites (N-methyl/N-ethyl adjacent to an activating group) is 1. The molecule has 0 rings (SSSR count). The third kappa shape index (κ3) is 44.3. The number of ether oxygens (including phenoxy) is 2. The Morgan fingerprint density at radius 2 is 0.897 bits per heavy atom. The molecular weight excluding hydrogens is 750 g/mol. The lowest BCUT2D eigenvalue weighted by molar-refractivity contribution is -0.870. The highest BCUT2D eigenvalue weighted by atomic mass is 31.2. The Hall–Kier alpha value is -1.25. The molecule has 0 aliphatic heterocycles. The topological polar surface area (TPSA) is 108 Å². The molecule has 58 heavy (non-hydrogen) atoms. The summed E-state index contributed by atoms with van der Waals surface area (Å²) in [5.41, 5.74) is 0. The van der Waals surface area contributed by atoms with Gasteiger partial charge in [-0.25, -0.2) is 4.57 Å². The second-order valence-electron chi connectivity index (χ2n) is 17.9. The summed E-state index contributed by atoms with van der Waals surface area (Å²) in [6.07, 6.45) is 44.1. The van der Waals surface area contributed by atoms with Crippen LogP contribution in [0.15, 0.2) is 12.2 Å². The van der Waals surface area contributed by atoms with Gasteiger partial charge in [-0.15, -0.1) is 0 Å². The normalized spacial score (nSPS) is 13.6. The van der Waals surface area contributed by atoms with Crippen LogP contribution in [0.2, 0.25) is 0 Å². The predicted molar refractivity (Wildman–Crippen MR) is 243 cm³/mol. The third-order valence-electron chi connectivity index (χ3n) is 10.8. The summed E-state index contributed by atoms with van der Waals surface area (Å²) < 4.78 is 34.4. The minimum atomic E-state index is -4.38. The summed E-state index contributed by atoms with van der Waals surface area (Å²) >= 11 is 0. The van der Waals surface area contributed by atoms with E-state index >= 15 is 0 Å². The molecule has 0 fully saturated rings. The second-order valence-corrected chi connectivity index (χ2v) is 19.3. The Morgan fingerprint density at radius 3 is 1.33 bits per heavy atom. The maximum absolute atomic E-state index is 12.7. The first-order valence-corrected chi connectivity index (χ1v) is 25.9. The molecule has 344 valence electrons. The number of phosphoric acid groups is 1. The van der Waals surface area contributed by atoms with Gasteiger partial charge in [-0.1, -0.05) is 199 Å². The monoisotopic (exact) mass is 845 g/mol. The van der Waals surface area contributed by atoms with Crippen molar-refractivity contribution in [3.8, 4) is 0 Å². The maximum atomic E-state index is 12.7. The summed E-state index contributed by atoms with van der Waals surface area (Å²) in [7, 11) is 1.47. The Bertz CT molecular complexity index is 1000. The lowest BCUT2D eigenvalue weighted by atomic mass is 10.0. The van der Waals surface area contributed by atoms with Crippen molar-refractivity contribution >= 4 is 19.8 Å². The SMILES string of the molecule is CCCCCCCCCCCCCC/C=C\CCCC(=O)O[C@H](COC(=O)CCCCCCCCCCCCCCCCCCC)COP(=O)(O)OCC[N+](C)(C)C. The molecule has 0 spiro atoms. The van der Waals surface area contributed by atoms with Crippen LogP contribution in [0.25, 0.3) is 0 Å². The van der Waals surface area contributed by atoms with E-state index in [0.717, 1.165) is 32.1 Å². The van der Waals surface area contributed by atoms with Gasteiger partial charge in [0.1, 0.15) is 19.8 Å². The van der Waals surface area contributed by atoms with Gasteiger partial charge >= 0.3 is 19.8 Å². The molecule has 2 atom stereocenters. The molecule has 1 unspecified atom stereocenters. The fourth-order valence-corrected chi connectivity index (χ4v) is 7.70. The van der Waals surface area contributed by atoms with Crippen molar-refractivity contribution in [3.63, 3.8) is 0 Å². The van der Waals surface area contributed by atoms with Crippen LogP contribution < -0.4 is 0 Å². The molecule has 0 bridgehead atoms. The number of hydrogen-bond donors (Lipinski definition) is 1. The van der Waals surface area contributed by atoms with Crippen LogP contribution in [-0.4, -0.2) is 74.9 Å². The molecule has 10 heteroatoms. The van der Waals surface area contributed by atoms with Crippen LogP contribution in [0.1, 0.15) is 232 Å². The average molecular weight is 845 g/mol. The van der Waals surface area contributed by atoms with Crippen molar-refractivity contribution < 1.29 is 42.1 Å². The molecule has 0 aromatic rings. The number of esters is 2. The molecule has 0 saturated heterocycles. The zero-order chi connectivity index (χ0) is 42.8. The van der Waals surface area contributed by atoms with Crippen molar-refractivity contribution in [1.82, 2.24) is 0 Å². The zero-order valence-electron chi connectivity index (χ0n) is 38.8. The standard InChI is InChI=1S/C48H94NO8P/c1-6-8-10-12-14-16-18-20-22-24-26-28-30-32-34-36-38-40-47(50)54-44-46(45-56-58(52,53)55-43-42-49(3,4)5)57-48(51)41-39-37-35-33-31-29-27-25-23-21-19-17-15-13-11-9-7-2/h33,35,46H,6-32,34,36-45H2,1-5H3/p+1/b35-33-/t46-/m1/s1. The Balaban J connectivity index is 4.29. The quantitative estimate of drug-likeness (QED) is 0.0212. The fraction of sp³-hybridized carbons (Fsp3) is 0.917. The molecule has 0 aromatic carbocycles. The van der Waals surface area contributed by atoms with E-state index in [-0.39, 0.29) is 25.6 Å². The molecule has 0 saturated carbocycles. The number of carbonyl (C=O) groups excluding carboxylic acids is 2. The number of carbonyl (C=O) groups is 2. The highest BCUT2D eigenvalue weighted by Gasteiger charge is 2.27. The molecule has 0 aliphatic carbocycles. The molecule has 0 aliphatic rings. The summed E-state index contributed by atoms with van der Waals surface area (Å²) in [6.45, 7) is 4.44. The second kappa shape index (κ2) is 41.1. The number of nitrogens with zero attached hydrogens (tertiary/aromatic N) is 1. The average Bonchev–Trinajstić information content (AvgIpc) is 3.17. The summed E-state index contributed by atoms with van der Waals surface area (Å²) in [6, 6.07) is 0. The van der Waals surface area contributed by atoms with Crippen molar-refractivity contribution in [2.75, 3.05) is 47.5 Å².